The monoisotopic (exact) mass is 677 g/mol. The summed E-state index contributed by atoms with van der Waals surface area (Å²) >= 11 is 1.17. The van der Waals surface area contributed by atoms with Crippen LogP contribution < -0.4 is 0 Å². The highest BCUT2D eigenvalue weighted by Gasteiger charge is 2.18. The Bertz CT molecular complexity index is 3510. The molecule has 0 bridgehead atoms. The number of furan rings is 2. The normalized spacial score (nSPS) is 13.6. The van der Waals surface area contributed by atoms with Gasteiger partial charge in [-0.25, -0.2) is 15.0 Å². The van der Waals surface area contributed by atoms with E-state index >= 15 is 0 Å². The van der Waals surface area contributed by atoms with Crippen molar-refractivity contribution in [3.63, 3.8) is 0 Å². The smallest absolute Gasteiger partial charge is 0.164 e. The molecule has 4 aromatic heterocycles. The molecule has 0 aliphatic rings. The maximum atomic E-state index is 9.67. The number of aromatic nitrogens is 3. The molecule has 238 valence electrons. The number of fused-ring (bicyclic) bond motifs is 9. The topological polar surface area (TPSA) is 65.0 Å². The average molecular weight is 678 g/mol. The van der Waals surface area contributed by atoms with Crippen LogP contribution in [0, 0.1) is 0 Å². The van der Waals surface area contributed by atoms with Gasteiger partial charge in [-0.3, -0.25) is 0 Å². The third-order valence-corrected chi connectivity index (χ3v) is 10.4. The highest BCUT2D eigenvalue weighted by Crippen LogP contribution is 2.44. The van der Waals surface area contributed by atoms with E-state index < -0.39 is 0 Å². The van der Waals surface area contributed by atoms with Crippen LogP contribution in [0.25, 0.3) is 109 Å². The molecule has 0 aliphatic heterocycles. The number of rotatable bonds is 4. The second kappa shape index (κ2) is 10.9. The van der Waals surface area contributed by atoms with E-state index in [1.54, 1.807) is 0 Å². The lowest BCUT2D eigenvalue weighted by Gasteiger charge is -2.08. The molecule has 11 rings (SSSR count). The van der Waals surface area contributed by atoms with Gasteiger partial charge in [-0.15, -0.1) is 11.3 Å². The molecule has 0 spiro atoms. The van der Waals surface area contributed by atoms with Crippen LogP contribution in [0.15, 0.2) is 160 Å². The highest BCUT2D eigenvalue weighted by atomic mass is 32.1. The van der Waals surface area contributed by atoms with Crippen molar-refractivity contribution in [1.82, 2.24) is 15.0 Å². The van der Waals surface area contributed by atoms with Crippen LogP contribution in [-0.4, -0.2) is 15.0 Å². The van der Waals surface area contributed by atoms with Crippen molar-refractivity contribution in [3.05, 3.63) is 152 Å². The molecule has 0 saturated carbocycles. The van der Waals surface area contributed by atoms with Crippen LogP contribution in [0.1, 0.15) is 8.22 Å². The second-order valence-electron chi connectivity index (χ2n) is 12.3. The largest absolute Gasteiger partial charge is 0.456 e. The summed E-state index contributed by atoms with van der Waals surface area (Å²) < 4.78 is 68.7. The SMILES string of the molecule is [2H]c1c([2H])c([2H])c2c(sc3c([2H])c(-c4nc(-c5ccccc5)nc(-c5ccc6oc7ccccc7c6c5)n4)c([2H])c([2H])c32)c1-c1cccc2oc3ccccc3c12. The summed E-state index contributed by atoms with van der Waals surface area (Å²) in [5.41, 5.74) is 5.25. The maximum absolute atomic E-state index is 9.67. The molecule has 7 aromatic carbocycles. The van der Waals surface area contributed by atoms with E-state index in [2.05, 4.69) is 0 Å². The fraction of sp³-hybridized carbons (Fsp3) is 0. The Labute approximate surface area is 303 Å². The van der Waals surface area contributed by atoms with Crippen molar-refractivity contribution in [3.8, 4) is 45.3 Å². The van der Waals surface area contributed by atoms with E-state index in [4.69, 9.17) is 26.5 Å². The van der Waals surface area contributed by atoms with Crippen molar-refractivity contribution in [2.75, 3.05) is 0 Å². The van der Waals surface area contributed by atoms with Crippen molar-refractivity contribution in [2.24, 2.45) is 0 Å². The van der Waals surface area contributed by atoms with Gasteiger partial charge in [-0.2, -0.15) is 0 Å². The lowest BCUT2D eigenvalue weighted by atomic mass is 9.98. The number of benzene rings is 7. The predicted octanol–water partition coefficient (Wildman–Crippen LogP) is 12.7. The van der Waals surface area contributed by atoms with E-state index in [0.717, 1.165) is 27.1 Å². The summed E-state index contributed by atoms with van der Waals surface area (Å²) in [6, 6.07) is 34.8. The molecular weight excluding hydrogens is 647 g/mol. The highest BCUT2D eigenvalue weighted by molar-refractivity contribution is 7.26. The molecule has 0 radical (unpaired) electrons. The Morgan fingerprint density at radius 3 is 2.02 bits per heavy atom. The molecule has 0 fully saturated rings. The van der Waals surface area contributed by atoms with Crippen LogP contribution in [0.4, 0.5) is 0 Å². The Hall–Kier alpha value is -6.63. The van der Waals surface area contributed by atoms with Gasteiger partial charge in [0, 0.05) is 64.0 Å². The fourth-order valence-electron chi connectivity index (χ4n) is 6.90. The van der Waals surface area contributed by atoms with Gasteiger partial charge in [-0.1, -0.05) is 109 Å². The van der Waals surface area contributed by atoms with Crippen LogP contribution in [0.3, 0.4) is 0 Å². The zero-order valence-corrected chi connectivity index (χ0v) is 27.4. The first-order valence-electron chi connectivity index (χ1n) is 19.4. The van der Waals surface area contributed by atoms with Crippen LogP contribution in [-0.2, 0) is 0 Å². The molecule has 6 heteroatoms. The van der Waals surface area contributed by atoms with Crippen LogP contribution >= 0.6 is 11.3 Å². The van der Waals surface area contributed by atoms with E-state index in [0.29, 0.717) is 60.1 Å². The van der Waals surface area contributed by atoms with E-state index in [9.17, 15) is 5.48 Å². The number of thiophene rings is 1. The summed E-state index contributed by atoms with van der Waals surface area (Å²) in [4.78, 5) is 14.6. The van der Waals surface area contributed by atoms with Crippen molar-refractivity contribution in [2.45, 2.75) is 0 Å². The van der Waals surface area contributed by atoms with Gasteiger partial charge in [0.15, 0.2) is 17.5 Å². The summed E-state index contributed by atoms with van der Waals surface area (Å²) in [5.74, 6) is 0.715. The molecule has 0 N–H and O–H groups in total. The minimum Gasteiger partial charge on any atom is -0.456 e. The third kappa shape index (κ3) is 4.43. The minimum absolute atomic E-state index is 0.0444. The van der Waals surface area contributed by atoms with Crippen molar-refractivity contribution >= 4 is 75.4 Å². The second-order valence-corrected chi connectivity index (χ2v) is 13.3. The van der Waals surface area contributed by atoms with Gasteiger partial charge in [0.25, 0.3) is 0 Å². The minimum atomic E-state index is -0.305. The van der Waals surface area contributed by atoms with Gasteiger partial charge >= 0.3 is 0 Å². The fourth-order valence-corrected chi connectivity index (χ4v) is 8.03. The number of hydrogen-bond acceptors (Lipinski definition) is 6. The van der Waals surface area contributed by atoms with E-state index in [1.807, 2.05) is 115 Å². The Morgan fingerprint density at radius 1 is 0.471 bits per heavy atom. The first-order chi connectivity index (χ1) is 27.8. The molecule has 51 heavy (non-hydrogen) atoms. The van der Waals surface area contributed by atoms with Crippen molar-refractivity contribution < 1.29 is 17.1 Å². The summed E-state index contributed by atoms with van der Waals surface area (Å²) in [5, 5.41) is 3.92. The first-order valence-corrected chi connectivity index (χ1v) is 17.2. The molecule has 0 aliphatic carbocycles. The molecule has 0 atom stereocenters. The molecule has 11 aromatic rings. The number of hydrogen-bond donors (Lipinski definition) is 0. The van der Waals surface area contributed by atoms with E-state index in [1.165, 1.54) is 11.3 Å². The van der Waals surface area contributed by atoms with Crippen molar-refractivity contribution in [1.29, 1.82) is 0 Å². The van der Waals surface area contributed by atoms with Gasteiger partial charge in [0.1, 0.15) is 22.3 Å². The quantitative estimate of drug-likeness (QED) is 0.185. The summed E-state index contributed by atoms with van der Waals surface area (Å²) in [7, 11) is 0. The summed E-state index contributed by atoms with van der Waals surface area (Å²) in [6.45, 7) is 0. The zero-order valence-electron chi connectivity index (χ0n) is 32.5. The third-order valence-electron chi connectivity index (χ3n) is 9.26. The average Bonchev–Trinajstić information content (AvgIpc) is 3.94. The molecule has 5 nitrogen and oxygen atoms in total. The Morgan fingerprint density at radius 2 is 1.16 bits per heavy atom. The van der Waals surface area contributed by atoms with Crippen LogP contribution in [0.5, 0.6) is 0 Å². The van der Waals surface area contributed by atoms with Gasteiger partial charge in [0.05, 0.1) is 8.22 Å². The molecule has 4 heterocycles. The Balaban J connectivity index is 1.19. The van der Waals surface area contributed by atoms with Gasteiger partial charge in [-0.05, 0) is 48.0 Å². The lowest BCUT2D eigenvalue weighted by molar-refractivity contribution is 0.668. The maximum Gasteiger partial charge on any atom is 0.164 e. The van der Waals surface area contributed by atoms with Gasteiger partial charge in [0.2, 0.25) is 0 Å². The van der Waals surface area contributed by atoms with Gasteiger partial charge < -0.3 is 8.83 Å². The molecule has 0 amide bonds. The molecule has 0 saturated heterocycles. The number of para-hydroxylation sites is 2. The molecule has 0 unspecified atom stereocenters. The Kier molecular flexibility index (Phi) is 4.91. The predicted molar refractivity (Wildman–Crippen MR) is 209 cm³/mol. The van der Waals surface area contributed by atoms with Crippen LogP contribution in [0.2, 0.25) is 0 Å². The zero-order chi connectivity index (χ0) is 38.7. The standard InChI is InChI=1S/C45H25N3O2S/c1-2-10-26(11-3-1)43-46-44(27-21-23-38-35(24-27)29-12-4-6-17-36(29)49-38)48-45(47-43)28-20-22-30-32-15-8-16-33(42(32)51-40(30)25-28)31-14-9-19-39-41(31)34-13-5-7-18-37(34)50-39/h1-25H/i8D,15D,16D,20D,22D,25D. The molecular formula is C45H25N3O2S. The number of nitrogens with zero attached hydrogens (tertiary/aromatic N) is 3. The van der Waals surface area contributed by atoms with E-state index in [-0.39, 0.29) is 58.4 Å². The lowest BCUT2D eigenvalue weighted by Crippen LogP contribution is -2.00. The first kappa shape index (κ1) is 22.9. The summed E-state index contributed by atoms with van der Waals surface area (Å²) in [6.07, 6.45) is 0.